The first-order valence-corrected chi connectivity index (χ1v) is 9.69. The highest BCUT2D eigenvalue weighted by Crippen LogP contribution is 2.29. The van der Waals surface area contributed by atoms with Crippen LogP contribution in [0.4, 0.5) is 5.13 Å². The van der Waals surface area contributed by atoms with E-state index in [2.05, 4.69) is 28.0 Å². The zero-order valence-corrected chi connectivity index (χ0v) is 15.5. The number of benzene rings is 2. The van der Waals surface area contributed by atoms with Gasteiger partial charge in [0.2, 0.25) is 0 Å². The Bertz CT molecular complexity index is 795. The van der Waals surface area contributed by atoms with Gasteiger partial charge in [-0.2, -0.15) is 0 Å². The standard InChI is InChI=1S/C19H20ClN3OS/c20-15-5-7-16(8-6-15)24-14-13-22-9-11-23(12-10-22)19-21-17-3-1-2-4-18(17)25-19/h1-8H,9-14H2. The third-order valence-electron chi connectivity index (χ3n) is 4.42. The van der Waals surface area contributed by atoms with Crippen molar-refractivity contribution in [3.63, 3.8) is 0 Å². The average Bonchev–Trinajstić information content (AvgIpc) is 3.08. The van der Waals surface area contributed by atoms with Gasteiger partial charge in [-0.15, -0.1) is 0 Å². The summed E-state index contributed by atoms with van der Waals surface area (Å²) in [4.78, 5) is 9.60. The Morgan fingerprint density at radius 3 is 2.52 bits per heavy atom. The van der Waals surface area contributed by atoms with Crippen molar-refractivity contribution in [2.45, 2.75) is 0 Å². The van der Waals surface area contributed by atoms with Crippen LogP contribution in [0.5, 0.6) is 5.75 Å². The molecule has 3 aromatic rings. The molecule has 0 aliphatic carbocycles. The van der Waals surface area contributed by atoms with Crippen LogP contribution in [0.3, 0.4) is 0 Å². The molecule has 0 N–H and O–H groups in total. The molecule has 0 saturated carbocycles. The summed E-state index contributed by atoms with van der Waals surface area (Å²) in [6.45, 7) is 5.75. The van der Waals surface area contributed by atoms with E-state index in [4.69, 9.17) is 21.3 Å². The van der Waals surface area contributed by atoms with Crippen molar-refractivity contribution in [2.24, 2.45) is 0 Å². The summed E-state index contributed by atoms with van der Waals surface area (Å²) in [7, 11) is 0. The molecule has 0 unspecified atom stereocenters. The van der Waals surface area contributed by atoms with Gasteiger partial charge in [-0.25, -0.2) is 4.98 Å². The van der Waals surface area contributed by atoms with Crippen LogP contribution in [0.1, 0.15) is 0 Å². The molecule has 0 atom stereocenters. The van der Waals surface area contributed by atoms with Gasteiger partial charge < -0.3 is 9.64 Å². The van der Waals surface area contributed by atoms with E-state index in [1.807, 2.05) is 30.3 Å². The highest BCUT2D eigenvalue weighted by Gasteiger charge is 2.19. The van der Waals surface area contributed by atoms with Gasteiger partial charge in [0.1, 0.15) is 12.4 Å². The number of ether oxygens (including phenoxy) is 1. The number of fused-ring (bicyclic) bond motifs is 1. The second-order valence-electron chi connectivity index (χ2n) is 6.10. The normalized spacial score (nSPS) is 15.6. The van der Waals surface area contributed by atoms with Crippen LogP contribution in [0.25, 0.3) is 10.2 Å². The summed E-state index contributed by atoms with van der Waals surface area (Å²) in [5.41, 5.74) is 1.10. The lowest BCUT2D eigenvalue weighted by Crippen LogP contribution is -2.47. The lowest BCUT2D eigenvalue weighted by atomic mass is 10.3. The first kappa shape index (κ1) is 16.6. The SMILES string of the molecule is Clc1ccc(OCCN2CCN(c3nc4ccccc4s3)CC2)cc1. The Labute approximate surface area is 156 Å². The Balaban J connectivity index is 1.26. The van der Waals surface area contributed by atoms with Crippen LogP contribution in [0.15, 0.2) is 48.5 Å². The lowest BCUT2D eigenvalue weighted by Gasteiger charge is -2.34. The molecule has 0 amide bonds. The van der Waals surface area contributed by atoms with Crippen molar-refractivity contribution < 1.29 is 4.74 Å². The molecular formula is C19H20ClN3OS. The van der Waals surface area contributed by atoms with Crippen molar-refractivity contribution >= 4 is 38.3 Å². The number of nitrogens with zero attached hydrogens (tertiary/aromatic N) is 3. The molecule has 0 spiro atoms. The van der Waals surface area contributed by atoms with Gasteiger partial charge in [-0.3, -0.25) is 4.90 Å². The van der Waals surface area contributed by atoms with Gasteiger partial charge in [0, 0.05) is 37.7 Å². The molecule has 4 rings (SSSR count). The number of aromatic nitrogens is 1. The zero-order valence-electron chi connectivity index (χ0n) is 13.9. The predicted octanol–water partition coefficient (Wildman–Crippen LogP) is 4.15. The van der Waals surface area contributed by atoms with Crippen molar-refractivity contribution in [1.82, 2.24) is 9.88 Å². The van der Waals surface area contributed by atoms with E-state index in [0.29, 0.717) is 6.61 Å². The summed E-state index contributed by atoms with van der Waals surface area (Å²) >= 11 is 7.67. The molecule has 25 heavy (non-hydrogen) atoms. The average molecular weight is 374 g/mol. The molecule has 2 aromatic carbocycles. The van der Waals surface area contributed by atoms with E-state index < -0.39 is 0 Å². The molecule has 4 nitrogen and oxygen atoms in total. The van der Waals surface area contributed by atoms with Crippen LogP contribution < -0.4 is 9.64 Å². The third-order valence-corrected chi connectivity index (χ3v) is 5.76. The van der Waals surface area contributed by atoms with E-state index >= 15 is 0 Å². The molecule has 1 aliphatic rings. The van der Waals surface area contributed by atoms with Crippen molar-refractivity contribution in [1.29, 1.82) is 0 Å². The molecule has 1 fully saturated rings. The van der Waals surface area contributed by atoms with E-state index in [-0.39, 0.29) is 0 Å². The van der Waals surface area contributed by atoms with E-state index in [1.54, 1.807) is 11.3 Å². The maximum absolute atomic E-state index is 5.88. The molecule has 0 radical (unpaired) electrons. The second-order valence-corrected chi connectivity index (χ2v) is 7.54. The predicted molar refractivity (Wildman–Crippen MR) is 105 cm³/mol. The minimum atomic E-state index is 0.697. The number of hydrogen-bond donors (Lipinski definition) is 0. The number of thiazole rings is 1. The topological polar surface area (TPSA) is 28.6 Å². The molecule has 6 heteroatoms. The number of halogens is 1. The molecular weight excluding hydrogens is 354 g/mol. The van der Waals surface area contributed by atoms with Gasteiger partial charge in [0.25, 0.3) is 0 Å². The second kappa shape index (κ2) is 7.60. The zero-order chi connectivity index (χ0) is 17.1. The molecule has 1 aliphatic heterocycles. The summed E-state index contributed by atoms with van der Waals surface area (Å²) in [6.07, 6.45) is 0. The Morgan fingerprint density at radius 2 is 1.76 bits per heavy atom. The Hall–Kier alpha value is -1.82. The van der Waals surface area contributed by atoms with Crippen LogP contribution in [-0.4, -0.2) is 49.2 Å². The number of hydrogen-bond acceptors (Lipinski definition) is 5. The van der Waals surface area contributed by atoms with Crippen molar-refractivity contribution in [2.75, 3.05) is 44.2 Å². The first-order valence-electron chi connectivity index (χ1n) is 8.49. The van der Waals surface area contributed by atoms with Gasteiger partial charge in [-0.05, 0) is 36.4 Å². The fourth-order valence-electron chi connectivity index (χ4n) is 2.98. The fourth-order valence-corrected chi connectivity index (χ4v) is 4.12. The Kier molecular flexibility index (Phi) is 5.06. The maximum atomic E-state index is 5.88. The quantitative estimate of drug-likeness (QED) is 0.671. The molecule has 1 saturated heterocycles. The number of rotatable bonds is 5. The first-order chi connectivity index (χ1) is 12.3. The van der Waals surface area contributed by atoms with Crippen LogP contribution in [0, 0.1) is 0 Å². The highest BCUT2D eigenvalue weighted by atomic mass is 35.5. The maximum Gasteiger partial charge on any atom is 0.186 e. The Morgan fingerprint density at radius 1 is 1.00 bits per heavy atom. The summed E-state index contributed by atoms with van der Waals surface area (Å²) in [5, 5.41) is 1.87. The van der Waals surface area contributed by atoms with Crippen LogP contribution in [0.2, 0.25) is 5.02 Å². The van der Waals surface area contributed by atoms with Gasteiger partial charge >= 0.3 is 0 Å². The van der Waals surface area contributed by atoms with Crippen molar-refractivity contribution in [3.05, 3.63) is 53.6 Å². The van der Waals surface area contributed by atoms with E-state index in [0.717, 1.165) is 54.1 Å². The fraction of sp³-hybridized carbons (Fsp3) is 0.316. The molecule has 130 valence electrons. The summed E-state index contributed by atoms with van der Waals surface area (Å²) < 4.78 is 7.05. The molecule has 0 bridgehead atoms. The lowest BCUT2D eigenvalue weighted by molar-refractivity contribution is 0.200. The highest BCUT2D eigenvalue weighted by molar-refractivity contribution is 7.22. The van der Waals surface area contributed by atoms with Gasteiger partial charge in [-0.1, -0.05) is 35.1 Å². The van der Waals surface area contributed by atoms with Crippen LogP contribution >= 0.6 is 22.9 Å². The van der Waals surface area contributed by atoms with Gasteiger partial charge in [0.05, 0.1) is 10.2 Å². The third kappa shape index (κ3) is 4.06. The van der Waals surface area contributed by atoms with Crippen molar-refractivity contribution in [3.8, 4) is 5.75 Å². The summed E-state index contributed by atoms with van der Waals surface area (Å²) in [6, 6.07) is 15.9. The van der Waals surface area contributed by atoms with Crippen LogP contribution in [-0.2, 0) is 0 Å². The monoisotopic (exact) mass is 373 g/mol. The van der Waals surface area contributed by atoms with E-state index in [1.165, 1.54) is 4.70 Å². The number of piperazine rings is 1. The molecule has 1 aromatic heterocycles. The van der Waals surface area contributed by atoms with Gasteiger partial charge in [0.15, 0.2) is 5.13 Å². The van der Waals surface area contributed by atoms with E-state index in [9.17, 15) is 0 Å². The minimum Gasteiger partial charge on any atom is -0.492 e. The smallest absolute Gasteiger partial charge is 0.186 e. The summed E-state index contributed by atoms with van der Waals surface area (Å²) in [5.74, 6) is 0.873. The number of anilines is 1. The largest absolute Gasteiger partial charge is 0.492 e. The number of para-hydroxylation sites is 1. The minimum absolute atomic E-state index is 0.697. The molecule has 2 heterocycles.